The lowest BCUT2D eigenvalue weighted by Crippen LogP contribution is -2.44. The first-order valence-corrected chi connectivity index (χ1v) is 5.51. The van der Waals surface area contributed by atoms with Gasteiger partial charge in [0.05, 0.1) is 0 Å². The molecule has 0 saturated heterocycles. The highest BCUT2D eigenvalue weighted by Gasteiger charge is 2.23. The van der Waals surface area contributed by atoms with E-state index < -0.39 is 23.7 Å². The summed E-state index contributed by atoms with van der Waals surface area (Å²) in [6.45, 7) is 5.09. The molecule has 5 nitrogen and oxygen atoms in total. The van der Waals surface area contributed by atoms with E-state index in [0.29, 0.717) is 0 Å². The van der Waals surface area contributed by atoms with Crippen LogP contribution in [0.2, 0.25) is 0 Å². The van der Waals surface area contributed by atoms with Gasteiger partial charge in [0.25, 0.3) is 0 Å². The van der Waals surface area contributed by atoms with Gasteiger partial charge in [-0.1, -0.05) is 0 Å². The Morgan fingerprint density at radius 2 is 2.20 bits per heavy atom. The molecule has 0 heterocycles. The normalized spacial score (nSPS) is 13.9. The molecule has 0 radical (unpaired) electrons. The third-order valence-corrected chi connectivity index (χ3v) is 1.84. The molecule has 6 heteroatoms. The standard InChI is InChI=1S/C9H17NO4S/c1-9(2,3)14-8(13)10-6(5-15-4)7(11)12/h6H,5H2,1-4H3,(H,10,13)(H,11,12)/t6-/m0/s1/i4D. The zero-order valence-electron chi connectivity index (χ0n) is 10.1. The lowest BCUT2D eigenvalue weighted by molar-refractivity contribution is -0.138. The Labute approximate surface area is 95.0 Å². The molecule has 0 fully saturated rings. The van der Waals surface area contributed by atoms with Gasteiger partial charge in [0.15, 0.2) is 0 Å². The highest BCUT2D eigenvalue weighted by atomic mass is 32.2. The Kier molecular flexibility index (Phi) is 4.74. The summed E-state index contributed by atoms with van der Waals surface area (Å²) in [5.74, 6) is -0.982. The highest BCUT2D eigenvalue weighted by Crippen LogP contribution is 2.07. The summed E-state index contributed by atoms with van der Waals surface area (Å²) in [7, 11) is 0. The zero-order chi connectivity index (χ0) is 12.8. The molecule has 0 aromatic rings. The molecule has 15 heavy (non-hydrogen) atoms. The van der Waals surface area contributed by atoms with Crippen molar-refractivity contribution in [2.45, 2.75) is 32.4 Å². The number of hydrogen-bond donors (Lipinski definition) is 2. The Morgan fingerprint density at radius 1 is 1.60 bits per heavy atom. The van der Waals surface area contributed by atoms with Crippen LogP contribution in [-0.2, 0) is 9.53 Å². The summed E-state index contributed by atoms with van der Waals surface area (Å²) < 4.78 is 11.8. The second-order valence-electron chi connectivity index (χ2n) is 3.91. The second kappa shape index (κ2) is 5.85. The van der Waals surface area contributed by atoms with Crippen LogP contribution < -0.4 is 5.32 Å². The molecule has 0 aliphatic heterocycles. The van der Waals surface area contributed by atoms with Crippen LogP contribution in [0, 0.1) is 0 Å². The highest BCUT2D eigenvalue weighted by molar-refractivity contribution is 7.98. The Morgan fingerprint density at radius 3 is 2.60 bits per heavy atom. The smallest absolute Gasteiger partial charge is 0.408 e. The van der Waals surface area contributed by atoms with Crippen molar-refractivity contribution in [3.05, 3.63) is 0 Å². The summed E-state index contributed by atoms with van der Waals surface area (Å²) in [4.78, 5) is 22.0. The van der Waals surface area contributed by atoms with Crippen molar-refractivity contribution in [2.75, 3.05) is 12.0 Å². The number of rotatable bonds is 4. The van der Waals surface area contributed by atoms with Crippen molar-refractivity contribution in [1.29, 1.82) is 0 Å². The van der Waals surface area contributed by atoms with Gasteiger partial charge in [-0.05, 0) is 27.0 Å². The van der Waals surface area contributed by atoms with Crippen molar-refractivity contribution in [2.24, 2.45) is 0 Å². The van der Waals surface area contributed by atoms with Crippen LogP contribution in [0.15, 0.2) is 0 Å². The van der Waals surface area contributed by atoms with Crippen molar-refractivity contribution >= 4 is 23.8 Å². The van der Waals surface area contributed by atoms with Crippen molar-refractivity contribution < 1.29 is 20.8 Å². The lowest BCUT2D eigenvalue weighted by Gasteiger charge is -2.21. The average Bonchev–Trinajstić information content (AvgIpc) is 2.08. The van der Waals surface area contributed by atoms with Crippen molar-refractivity contribution in [3.8, 4) is 0 Å². The number of nitrogens with one attached hydrogen (secondary N) is 1. The Balaban J connectivity index is 4.19. The van der Waals surface area contributed by atoms with Crippen LogP contribution in [0.4, 0.5) is 4.79 Å². The van der Waals surface area contributed by atoms with Gasteiger partial charge < -0.3 is 15.2 Å². The topological polar surface area (TPSA) is 75.6 Å². The van der Waals surface area contributed by atoms with E-state index in [2.05, 4.69) is 5.32 Å². The van der Waals surface area contributed by atoms with Gasteiger partial charge >= 0.3 is 12.1 Å². The number of carbonyl (C=O) groups excluding carboxylic acids is 1. The van der Waals surface area contributed by atoms with Crippen molar-refractivity contribution in [1.82, 2.24) is 5.32 Å². The van der Waals surface area contributed by atoms with Crippen LogP contribution in [0.25, 0.3) is 0 Å². The van der Waals surface area contributed by atoms with E-state index in [-0.39, 0.29) is 12.0 Å². The maximum Gasteiger partial charge on any atom is 0.408 e. The molecular weight excluding hydrogens is 218 g/mol. The molecule has 0 unspecified atom stereocenters. The van der Waals surface area contributed by atoms with Crippen LogP contribution in [0.5, 0.6) is 0 Å². The molecule has 0 bridgehead atoms. The molecule has 0 aromatic heterocycles. The van der Waals surface area contributed by atoms with Gasteiger partial charge in [0.1, 0.15) is 11.6 Å². The number of hydrogen-bond acceptors (Lipinski definition) is 4. The molecule has 0 aromatic carbocycles. The fourth-order valence-corrected chi connectivity index (χ4v) is 1.20. The first-order chi connectivity index (χ1) is 7.26. The largest absolute Gasteiger partial charge is 0.480 e. The third-order valence-electron chi connectivity index (χ3n) is 1.27. The average molecular weight is 236 g/mol. The number of aliphatic carboxylic acids is 1. The molecule has 0 rings (SSSR count). The predicted octanol–water partition coefficient (Wildman–Crippen LogP) is 1.33. The summed E-state index contributed by atoms with van der Waals surface area (Å²) in [5.41, 5.74) is -0.657. The molecule has 0 saturated carbocycles. The number of ether oxygens (including phenoxy) is 1. The van der Waals surface area contributed by atoms with Crippen LogP contribution in [-0.4, -0.2) is 40.8 Å². The van der Waals surface area contributed by atoms with Gasteiger partial charge in [0.2, 0.25) is 0 Å². The summed E-state index contributed by atoms with van der Waals surface area (Å²) in [5, 5.41) is 11.0. The molecular formula is C9H17NO4S. The SMILES string of the molecule is [2H]CSC[C@H](NC(=O)OC(C)(C)C)C(=O)O. The molecule has 88 valence electrons. The summed E-state index contributed by atoms with van der Waals surface area (Å²) in [6, 6.07) is -1.02. The number of carboxylic acids is 1. The van der Waals surface area contributed by atoms with Gasteiger partial charge in [0, 0.05) is 7.12 Å². The fourth-order valence-electron chi connectivity index (χ4n) is 0.742. The summed E-state index contributed by atoms with van der Waals surface area (Å²) >= 11 is 1.12. The van der Waals surface area contributed by atoms with E-state index in [1.165, 1.54) is 0 Å². The van der Waals surface area contributed by atoms with Gasteiger partial charge in [-0.3, -0.25) is 0 Å². The first-order valence-electron chi connectivity index (χ1n) is 5.06. The van der Waals surface area contributed by atoms with E-state index in [0.717, 1.165) is 11.8 Å². The molecule has 0 aliphatic rings. The lowest BCUT2D eigenvalue weighted by atomic mass is 10.2. The number of amides is 1. The number of thioether (sulfide) groups is 1. The van der Waals surface area contributed by atoms with Gasteiger partial charge in [-0.15, -0.1) is 0 Å². The van der Waals surface area contributed by atoms with E-state index in [1.807, 2.05) is 0 Å². The Bertz CT molecular complexity index is 254. The number of carboxylic acid groups (broad SMARTS) is 1. The van der Waals surface area contributed by atoms with E-state index in [9.17, 15) is 9.59 Å². The van der Waals surface area contributed by atoms with Crippen LogP contribution in [0.1, 0.15) is 22.1 Å². The second-order valence-corrected chi connectivity index (χ2v) is 4.65. The zero-order valence-corrected chi connectivity index (χ0v) is 9.89. The summed E-state index contributed by atoms with van der Waals surface area (Å²) in [6.07, 6.45) is -0.703. The van der Waals surface area contributed by atoms with E-state index in [4.69, 9.17) is 11.2 Å². The number of carbonyl (C=O) groups is 2. The quantitative estimate of drug-likeness (QED) is 0.770. The number of alkyl carbamates (subject to hydrolysis) is 1. The maximum absolute atomic E-state index is 11.3. The minimum Gasteiger partial charge on any atom is -0.480 e. The first kappa shape index (κ1) is 12.2. The Hall–Kier alpha value is -0.910. The van der Waals surface area contributed by atoms with E-state index >= 15 is 0 Å². The maximum atomic E-state index is 11.3. The third kappa shape index (κ3) is 7.07. The molecule has 1 atom stereocenters. The van der Waals surface area contributed by atoms with Gasteiger partial charge in [-0.25, -0.2) is 9.59 Å². The van der Waals surface area contributed by atoms with E-state index in [1.54, 1.807) is 20.8 Å². The molecule has 1 amide bonds. The molecule has 0 spiro atoms. The minimum atomic E-state index is -1.13. The molecule has 2 N–H and O–H groups in total. The van der Waals surface area contributed by atoms with Gasteiger partial charge in [-0.2, -0.15) is 11.8 Å². The molecule has 0 aliphatic carbocycles. The minimum absolute atomic E-state index is 0.0553. The van der Waals surface area contributed by atoms with Crippen LogP contribution in [0.3, 0.4) is 0 Å². The fraction of sp³-hybridized carbons (Fsp3) is 0.778. The van der Waals surface area contributed by atoms with Crippen LogP contribution >= 0.6 is 11.8 Å². The monoisotopic (exact) mass is 236 g/mol. The van der Waals surface area contributed by atoms with Crippen molar-refractivity contribution in [3.63, 3.8) is 0 Å². The predicted molar refractivity (Wildman–Crippen MR) is 59.2 cm³/mol.